The van der Waals surface area contributed by atoms with E-state index in [1.165, 1.54) is 10.8 Å². The van der Waals surface area contributed by atoms with Crippen molar-refractivity contribution in [3.8, 4) is 0 Å². The minimum absolute atomic E-state index is 0.249. The highest BCUT2D eigenvalue weighted by Gasteiger charge is 2.38. The van der Waals surface area contributed by atoms with Crippen molar-refractivity contribution in [1.82, 2.24) is 14.9 Å². The van der Waals surface area contributed by atoms with E-state index < -0.39 is 35.7 Å². The molecule has 0 radical (unpaired) electrons. The lowest BCUT2D eigenvalue weighted by Gasteiger charge is -2.18. The number of aliphatic hydroxyl groups is 1. The smallest absolute Gasteiger partial charge is 0.330 e. The van der Waals surface area contributed by atoms with Crippen LogP contribution in [0.25, 0.3) is 0 Å². The van der Waals surface area contributed by atoms with Crippen LogP contribution in [-0.4, -0.2) is 45.4 Å². The number of carbonyl (C=O) groups is 1. The maximum Gasteiger partial charge on any atom is 0.330 e. The van der Waals surface area contributed by atoms with Gasteiger partial charge < -0.3 is 20.9 Å². The molecule has 1 aromatic carbocycles. The molecule has 28 heavy (non-hydrogen) atoms. The summed E-state index contributed by atoms with van der Waals surface area (Å²) in [4.78, 5) is 38.4. The highest BCUT2D eigenvalue weighted by Crippen LogP contribution is 2.27. The Labute approximate surface area is 161 Å². The Morgan fingerprint density at radius 2 is 2.11 bits per heavy atom. The van der Waals surface area contributed by atoms with Crippen molar-refractivity contribution in [1.29, 1.82) is 0 Å². The molecule has 0 spiro atoms. The maximum atomic E-state index is 12.5. The second-order valence-electron chi connectivity index (χ2n) is 7.03. The Balaban J connectivity index is 1.68. The number of aryl methyl sites for hydroxylation is 1. The number of nitrogens with zero attached hydrogens (tertiary/aromatic N) is 1. The molecular weight excluding hydrogens is 364 g/mol. The van der Waals surface area contributed by atoms with Gasteiger partial charge in [0.25, 0.3) is 11.5 Å². The summed E-state index contributed by atoms with van der Waals surface area (Å²) < 4.78 is 7.01. The molecule has 6 N–H and O–H groups in total. The highest BCUT2D eigenvalue weighted by atomic mass is 16.5. The lowest BCUT2D eigenvalue weighted by molar-refractivity contribution is -0.403. The van der Waals surface area contributed by atoms with E-state index >= 15 is 0 Å². The van der Waals surface area contributed by atoms with Crippen molar-refractivity contribution < 1.29 is 20.4 Å². The van der Waals surface area contributed by atoms with Crippen molar-refractivity contribution in [3.05, 3.63) is 68.5 Å². The highest BCUT2D eigenvalue weighted by molar-refractivity contribution is 5.80. The van der Waals surface area contributed by atoms with E-state index in [9.17, 15) is 19.5 Å². The van der Waals surface area contributed by atoms with Gasteiger partial charge in [-0.3, -0.25) is 19.1 Å². The monoisotopic (exact) mass is 389 g/mol. The third kappa shape index (κ3) is 4.38. The fraction of sp³-hybridized carbons (Fsp3) is 0.421. The lowest BCUT2D eigenvalue weighted by atomic mass is 10.0. The number of benzene rings is 1. The molecule has 1 fully saturated rings. The third-order valence-corrected chi connectivity index (χ3v) is 4.90. The number of nitrogens with one attached hydrogen (secondary N) is 2. The van der Waals surface area contributed by atoms with Gasteiger partial charge in [-0.25, -0.2) is 4.79 Å². The van der Waals surface area contributed by atoms with Crippen LogP contribution in [0.4, 0.5) is 0 Å². The first-order chi connectivity index (χ1) is 13.4. The lowest BCUT2D eigenvalue weighted by Crippen LogP contribution is -2.69. The van der Waals surface area contributed by atoms with Gasteiger partial charge >= 0.3 is 5.69 Å². The molecule has 0 unspecified atom stereocenters. The first-order valence-electron chi connectivity index (χ1n) is 9.14. The molecular formula is C19H25N4O5+. The van der Waals surface area contributed by atoms with Gasteiger partial charge in [0, 0.05) is 24.6 Å². The van der Waals surface area contributed by atoms with E-state index in [-0.39, 0.29) is 12.5 Å². The molecule has 2 aromatic rings. The first kappa shape index (κ1) is 20.0. The summed E-state index contributed by atoms with van der Waals surface area (Å²) in [5, 5.41) is 12.5. The van der Waals surface area contributed by atoms with Gasteiger partial charge in [0.15, 0.2) is 6.04 Å². The van der Waals surface area contributed by atoms with E-state index in [1.807, 2.05) is 30.3 Å². The van der Waals surface area contributed by atoms with Crippen molar-refractivity contribution >= 4 is 5.91 Å². The van der Waals surface area contributed by atoms with Crippen molar-refractivity contribution in [3.63, 3.8) is 0 Å². The minimum atomic E-state index is -0.692. The van der Waals surface area contributed by atoms with Crippen LogP contribution in [0.15, 0.2) is 46.1 Å². The average Bonchev–Trinajstić information content (AvgIpc) is 3.08. The van der Waals surface area contributed by atoms with Gasteiger partial charge in [-0.2, -0.15) is 0 Å². The van der Waals surface area contributed by atoms with E-state index in [0.717, 1.165) is 5.56 Å². The molecule has 1 aliphatic rings. The quantitative estimate of drug-likeness (QED) is 0.474. The molecule has 1 aliphatic heterocycles. The number of rotatable bonds is 6. The van der Waals surface area contributed by atoms with Crippen molar-refractivity contribution in [2.45, 2.75) is 44.2 Å². The predicted octanol–water partition coefficient (Wildman–Crippen LogP) is -1.54. The summed E-state index contributed by atoms with van der Waals surface area (Å²) in [6.07, 6.45) is 0.858. The molecule has 1 amide bonds. The van der Waals surface area contributed by atoms with Crippen molar-refractivity contribution in [2.75, 3.05) is 6.61 Å². The number of hydrogen-bond donors (Lipinski definition) is 4. The van der Waals surface area contributed by atoms with Crippen LogP contribution in [-0.2, 0) is 16.0 Å². The zero-order valence-corrected chi connectivity index (χ0v) is 15.6. The minimum Gasteiger partial charge on any atom is -0.394 e. The SMILES string of the molecule is Cc1cn([C@H]2C[C@H](NC(=O)[C@@H]([NH3+])Cc3ccccc3)[C@@H](CO)O2)c(=O)[nH]c1=O. The van der Waals surface area contributed by atoms with Crippen LogP contribution >= 0.6 is 0 Å². The zero-order chi connectivity index (χ0) is 20.3. The summed E-state index contributed by atoms with van der Waals surface area (Å²) in [6.45, 7) is 1.28. The Hall–Kier alpha value is -2.75. The Kier molecular flexibility index (Phi) is 6.08. The topological polar surface area (TPSA) is 141 Å². The summed E-state index contributed by atoms with van der Waals surface area (Å²) in [5.74, 6) is -0.249. The Morgan fingerprint density at radius 1 is 1.39 bits per heavy atom. The van der Waals surface area contributed by atoms with Gasteiger partial charge in [-0.05, 0) is 12.5 Å². The Morgan fingerprint density at radius 3 is 2.79 bits per heavy atom. The van der Waals surface area contributed by atoms with Crippen LogP contribution in [0.5, 0.6) is 0 Å². The summed E-state index contributed by atoms with van der Waals surface area (Å²) >= 11 is 0. The molecule has 1 saturated heterocycles. The van der Waals surface area contributed by atoms with Crippen molar-refractivity contribution in [2.24, 2.45) is 0 Å². The molecule has 150 valence electrons. The number of aromatic nitrogens is 2. The number of carbonyl (C=O) groups excluding carboxylic acids is 1. The van der Waals surface area contributed by atoms with Crippen LogP contribution in [0.1, 0.15) is 23.8 Å². The number of quaternary nitrogens is 1. The Bertz CT molecular complexity index is 939. The summed E-state index contributed by atoms with van der Waals surface area (Å²) in [5.41, 5.74) is 4.26. The molecule has 0 aliphatic carbocycles. The number of ether oxygens (including phenoxy) is 1. The number of aliphatic hydroxyl groups excluding tert-OH is 1. The van der Waals surface area contributed by atoms with Gasteiger partial charge in [-0.1, -0.05) is 30.3 Å². The summed E-state index contributed by atoms with van der Waals surface area (Å²) in [7, 11) is 0. The van der Waals surface area contributed by atoms with E-state index in [2.05, 4.69) is 16.0 Å². The second-order valence-corrected chi connectivity index (χ2v) is 7.03. The maximum absolute atomic E-state index is 12.5. The fourth-order valence-electron chi connectivity index (χ4n) is 3.31. The molecule has 9 heteroatoms. The van der Waals surface area contributed by atoms with Gasteiger partial charge in [-0.15, -0.1) is 0 Å². The first-order valence-corrected chi connectivity index (χ1v) is 9.14. The van der Waals surface area contributed by atoms with Crippen LogP contribution in [0, 0.1) is 6.92 Å². The standard InChI is InChI=1S/C19H24N4O5/c1-11-9-23(19(27)22-17(11)25)16-8-14(15(10-24)28-16)21-18(26)13(20)7-12-5-3-2-4-6-12/h2-6,9,13-16,24H,7-8,10,20H2,1H3,(H,21,26)(H,22,25,27)/p+1/t13-,14-,15+,16+/m0/s1. The van der Waals surface area contributed by atoms with Gasteiger partial charge in [0.1, 0.15) is 12.3 Å². The fourth-order valence-corrected chi connectivity index (χ4v) is 3.31. The van der Waals surface area contributed by atoms with E-state index in [4.69, 9.17) is 4.74 Å². The van der Waals surface area contributed by atoms with E-state index in [1.54, 1.807) is 6.92 Å². The third-order valence-electron chi connectivity index (χ3n) is 4.90. The number of amides is 1. The van der Waals surface area contributed by atoms with Crippen LogP contribution < -0.4 is 22.3 Å². The van der Waals surface area contributed by atoms with Crippen LogP contribution in [0.2, 0.25) is 0 Å². The van der Waals surface area contributed by atoms with E-state index in [0.29, 0.717) is 18.4 Å². The zero-order valence-electron chi connectivity index (χ0n) is 15.6. The molecule has 1 aromatic heterocycles. The molecule has 4 atom stereocenters. The largest absolute Gasteiger partial charge is 0.394 e. The number of H-pyrrole nitrogens is 1. The van der Waals surface area contributed by atoms with Crippen LogP contribution in [0.3, 0.4) is 0 Å². The molecule has 3 rings (SSSR count). The molecule has 0 bridgehead atoms. The molecule has 9 nitrogen and oxygen atoms in total. The normalized spacial score (nSPS) is 22.8. The molecule has 2 heterocycles. The van der Waals surface area contributed by atoms with Gasteiger partial charge in [0.05, 0.1) is 12.6 Å². The second kappa shape index (κ2) is 8.51. The van der Waals surface area contributed by atoms with Gasteiger partial charge in [0.2, 0.25) is 0 Å². The summed E-state index contributed by atoms with van der Waals surface area (Å²) in [6, 6.07) is 8.61. The number of hydrogen-bond acceptors (Lipinski definition) is 5. The predicted molar refractivity (Wildman–Crippen MR) is 100 cm³/mol. The number of aromatic amines is 1. The molecule has 0 saturated carbocycles. The average molecular weight is 389 g/mol.